The molecule has 0 unspecified atom stereocenters. The Kier molecular flexibility index (Phi) is 4.26. The zero-order valence-corrected chi connectivity index (χ0v) is 5.64. The summed E-state index contributed by atoms with van der Waals surface area (Å²) in [4.78, 5) is 0. The highest BCUT2D eigenvalue weighted by molar-refractivity contribution is 8.67. The van der Waals surface area contributed by atoms with Crippen molar-refractivity contribution in [3.8, 4) is 0 Å². The number of rotatable bonds is 2. The van der Waals surface area contributed by atoms with Crippen molar-refractivity contribution in [2.24, 2.45) is 0 Å². The maximum atomic E-state index is 3.87. The number of hydrogen-bond donors (Lipinski definition) is 2. The van der Waals surface area contributed by atoms with E-state index in [0.717, 1.165) is 0 Å². The van der Waals surface area contributed by atoms with Crippen LogP contribution >= 0.6 is 22.6 Å². The molecule has 1 nitrogen and oxygen atoms in total. The third kappa shape index (κ3) is 4.66. The van der Waals surface area contributed by atoms with Crippen molar-refractivity contribution in [2.45, 2.75) is 19.9 Å². The Labute approximate surface area is 47.8 Å². The lowest BCUT2D eigenvalue weighted by Gasteiger charge is -1.98. The van der Waals surface area contributed by atoms with E-state index in [1.807, 2.05) is 0 Å². The van der Waals surface area contributed by atoms with Crippen molar-refractivity contribution < 1.29 is 0 Å². The predicted molar refractivity (Wildman–Crippen MR) is 34.8 cm³/mol. The zero-order valence-electron chi connectivity index (χ0n) is 3.93. The highest BCUT2D eigenvalue weighted by Gasteiger charge is 1.83. The summed E-state index contributed by atoms with van der Waals surface area (Å²) in [5, 5.41) is 0. The summed E-state index contributed by atoms with van der Waals surface area (Å²) in [6.07, 6.45) is 0. The fourth-order valence-corrected chi connectivity index (χ4v) is 0.949. The van der Waals surface area contributed by atoms with E-state index in [4.69, 9.17) is 0 Å². The SMILES string of the molecule is CC(C)NSS. The molecule has 0 aliphatic rings. The molecule has 0 atom stereocenters. The standard InChI is InChI=1S/C3H9NS2/c1-3(2)4-6-5/h3-5H,1-2H3. The first kappa shape index (κ1) is 6.66. The first-order chi connectivity index (χ1) is 2.77. The Morgan fingerprint density at radius 2 is 2.17 bits per heavy atom. The van der Waals surface area contributed by atoms with E-state index in [1.165, 1.54) is 11.0 Å². The van der Waals surface area contributed by atoms with E-state index >= 15 is 0 Å². The van der Waals surface area contributed by atoms with Crippen molar-refractivity contribution in [1.82, 2.24) is 4.72 Å². The van der Waals surface area contributed by atoms with Gasteiger partial charge in [0.1, 0.15) is 0 Å². The minimum Gasteiger partial charge on any atom is -0.252 e. The summed E-state index contributed by atoms with van der Waals surface area (Å²) in [6, 6.07) is 0.535. The van der Waals surface area contributed by atoms with Crippen LogP contribution in [0.25, 0.3) is 0 Å². The predicted octanol–water partition coefficient (Wildman–Crippen LogP) is 1.48. The van der Waals surface area contributed by atoms with Crippen LogP contribution in [0.2, 0.25) is 0 Å². The average Bonchev–Trinajstić information content (AvgIpc) is 1.35. The van der Waals surface area contributed by atoms with Gasteiger partial charge in [0.2, 0.25) is 0 Å². The maximum absolute atomic E-state index is 3.87. The molecule has 3 heteroatoms. The Balaban J connectivity index is 2.63. The van der Waals surface area contributed by atoms with Crippen LogP contribution in [-0.4, -0.2) is 6.04 Å². The molecular weight excluding hydrogens is 114 g/mol. The highest BCUT2D eigenvalue weighted by atomic mass is 33.1. The molecule has 0 saturated carbocycles. The van der Waals surface area contributed by atoms with Gasteiger partial charge < -0.3 is 0 Å². The van der Waals surface area contributed by atoms with Crippen LogP contribution in [-0.2, 0) is 0 Å². The molecule has 38 valence electrons. The van der Waals surface area contributed by atoms with Gasteiger partial charge in [-0.1, -0.05) is 11.7 Å². The van der Waals surface area contributed by atoms with Crippen molar-refractivity contribution in [3.05, 3.63) is 0 Å². The van der Waals surface area contributed by atoms with Gasteiger partial charge in [-0.2, -0.15) is 0 Å². The summed E-state index contributed by atoms with van der Waals surface area (Å²) in [7, 11) is 1.35. The maximum Gasteiger partial charge on any atom is 0.0123 e. The van der Waals surface area contributed by atoms with Crippen LogP contribution in [0, 0.1) is 0 Å². The van der Waals surface area contributed by atoms with E-state index in [-0.39, 0.29) is 0 Å². The second kappa shape index (κ2) is 3.84. The topological polar surface area (TPSA) is 12.0 Å². The first-order valence-electron chi connectivity index (χ1n) is 1.83. The lowest BCUT2D eigenvalue weighted by molar-refractivity contribution is 0.775. The number of hydrogen-bond acceptors (Lipinski definition) is 3. The molecule has 6 heavy (non-hydrogen) atoms. The van der Waals surface area contributed by atoms with E-state index in [1.54, 1.807) is 0 Å². The number of thiol groups is 1. The van der Waals surface area contributed by atoms with Gasteiger partial charge in [-0.05, 0) is 24.8 Å². The molecule has 0 amide bonds. The molecule has 0 fully saturated rings. The molecule has 0 saturated heterocycles. The fraction of sp³-hybridized carbons (Fsp3) is 1.00. The van der Waals surface area contributed by atoms with Gasteiger partial charge in [-0.15, -0.1) is 0 Å². The van der Waals surface area contributed by atoms with Gasteiger partial charge in [0.05, 0.1) is 0 Å². The van der Waals surface area contributed by atoms with Crippen molar-refractivity contribution in [2.75, 3.05) is 0 Å². The largest absolute Gasteiger partial charge is 0.252 e. The van der Waals surface area contributed by atoms with Gasteiger partial charge in [0.25, 0.3) is 0 Å². The fourth-order valence-electron chi connectivity index (χ4n) is 0.105. The summed E-state index contributed by atoms with van der Waals surface area (Å²) in [6.45, 7) is 4.15. The van der Waals surface area contributed by atoms with Crippen LogP contribution < -0.4 is 4.72 Å². The van der Waals surface area contributed by atoms with Crippen LogP contribution in [0.3, 0.4) is 0 Å². The normalized spacial score (nSPS) is 10.0. The van der Waals surface area contributed by atoms with E-state index in [0.29, 0.717) is 6.04 Å². The molecule has 0 aromatic heterocycles. The lowest BCUT2D eigenvalue weighted by atomic mass is 10.4. The van der Waals surface area contributed by atoms with Crippen molar-refractivity contribution >= 4 is 22.6 Å². The minimum absolute atomic E-state index is 0.535. The van der Waals surface area contributed by atoms with E-state index < -0.39 is 0 Å². The zero-order chi connectivity index (χ0) is 4.99. The Morgan fingerprint density at radius 1 is 1.67 bits per heavy atom. The van der Waals surface area contributed by atoms with Gasteiger partial charge >= 0.3 is 0 Å². The quantitative estimate of drug-likeness (QED) is 0.328. The molecule has 1 N–H and O–H groups in total. The van der Waals surface area contributed by atoms with Gasteiger partial charge in [0, 0.05) is 6.04 Å². The Bertz CT molecular complexity index is 30.0. The van der Waals surface area contributed by atoms with Crippen LogP contribution in [0.4, 0.5) is 0 Å². The van der Waals surface area contributed by atoms with E-state index in [9.17, 15) is 0 Å². The molecule has 0 rings (SSSR count). The summed E-state index contributed by atoms with van der Waals surface area (Å²) < 4.78 is 2.99. The summed E-state index contributed by atoms with van der Waals surface area (Å²) in [5.74, 6) is 0. The Morgan fingerprint density at radius 3 is 2.17 bits per heavy atom. The summed E-state index contributed by atoms with van der Waals surface area (Å²) in [5.41, 5.74) is 0. The van der Waals surface area contributed by atoms with Gasteiger partial charge in [0.15, 0.2) is 0 Å². The van der Waals surface area contributed by atoms with Crippen molar-refractivity contribution in [1.29, 1.82) is 0 Å². The van der Waals surface area contributed by atoms with E-state index in [2.05, 4.69) is 30.2 Å². The molecule has 0 aromatic rings. The second-order valence-electron chi connectivity index (χ2n) is 1.36. The molecule has 0 bridgehead atoms. The lowest BCUT2D eigenvalue weighted by Crippen LogP contribution is -2.11. The van der Waals surface area contributed by atoms with Gasteiger partial charge in [-0.25, -0.2) is 0 Å². The smallest absolute Gasteiger partial charge is 0.0123 e. The molecule has 0 radical (unpaired) electrons. The summed E-state index contributed by atoms with van der Waals surface area (Å²) >= 11 is 3.87. The van der Waals surface area contributed by atoms with Crippen LogP contribution in [0.15, 0.2) is 0 Å². The average molecular weight is 123 g/mol. The van der Waals surface area contributed by atoms with Crippen LogP contribution in [0.5, 0.6) is 0 Å². The third-order valence-corrected chi connectivity index (χ3v) is 1.18. The monoisotopic (exact) mass is 123 g/mol. The molecule has 0 aromatic carbocycles. The molecule has 0 aliphatic carbocycles. The molecule has 0 heterocycles. The van der Waals surface area contributed by atoms with Crippen LogP contribution in [0.1, 0.15) is 13.8 Å². The second-order valence-corrected chi connectivity index (χ2v) is 2.33. The van der Waals surface area contributed by atoms with Crippen molar-refractivity contribution in [3.63, 3.8) is 0 Å². The minimum atomic E-state index is 0.535. The Hall–Kier alpha value is 0.660. The first-order valence-corrected chi connectivity index (χ1v) is 3.70. The third-order valence-electron chi connectivity index (χ3n) is 0.288. The molecular formula is C3H9NS2. The highest BCUT2D eigenvalue weighted by Crippen LogP contribution is 1.97. The van der Waals surface area contributed by atoms with Gasteiger partial charge in [-0.3, -0.25) is 4.72 Å². The molecule has 0 aliphatic heterocycles. The molecule has 0 spiro atoms. The number of nitrogens with one attached hydrogen (secondary N) is 1.